The molecule has 0 aliphatic heterocycles. The zero-order valence-corrected chi connectivity index (χ0v) is 7.83. The molecule has 1 aromatic carbocycles. The minimum Gasteiger partial charge on any atom is -0.544 e. The number of hydrogen-bond donors (Lipinski definition) is 1. The van der Waals surface area contributed by atoms with Crippen LogP contribution < -0.4 is 10.8 Å². The van der Waals surface area contributed by atoms with Gasteiger partial charge in [-0.1, -0.05) is 18.2 Å². The molecule has 0 saturated carbocycles. The third kappa shape index (κ3) is 1.87. The van der Waals surface area contributed by atoms with Crippen LogP contribution >= 0.6 is 0 Å². The zero-order chi connectivity index (χ0) is 10.0. The van der Waals surface area contributed by atoms with Gasteiger partial charge in [0.1, 0.15) is 5.97 Å². The van der Waals surface area contributed by atoms with Crippen LogP contribution in [0.1, 0.15) is 22.7 Å². The predicted octanol–water partition coefficient (Wildman–Crippen LogP) is -0.664. The molecule has 0 spiro atoms. The lowest BCUT2D eigenvalue weighted by atomic mass is 9.98. The van der Waals surface area contributed by atoms with Crippen molar-refractivity contribution in [2.75, 3.05) is 0 Å². The summed E-state index contributed by atoms with van der Waals surface area (Å²) in [7, 11) is 0. The monoisotopic (exact) mass is 179 g/mol. The summed E-state index contributed by atoms with van der Waals surface area (Å²) >= 11 is 0. The van der Waals surface area contributed by atoms with Crippen molar-refractivity contribution < 1.29 is 15.6 Å². The summed E-state index contributed by atoms with van der Waals surface area (Å²) in [6, 6.07) is 4.77. The van der Waals surface area contributed by atoms with Crippen LogP contribution in [0.2, 0.25) is 0 Å². The zero-order valence-electron chi connectivity index (χ0n) is 7.83. The van der Waals surface area contributed by atoms with E-state index in [1.54, 1.807) is 6.07 Å². The third-order valence-corrected chi connectivity index (χ3v) is 2.31. The fraction of sp³-hybridized carbons (Fsp3) is 0.300. The summed E-state index contributed by atoms with van der Waals surface area (Å²) in [6.07, 6.45) is 0. The van der Waals surface area contributed by atoms with Gasteiger partial charge >= 0.3 is 0 Å². The maximum Gasteiger partial charge on any atom is 0.150 e. The molecule has 1 rings (SSSR count). The minimum atomic E-state index is -1.13. The normalized spacial score (nSPS) is 12.5. The van der Waals surface area contributed by atoms with E-state index >= 15 is 0 Å². The van der Waals surface area contributed by atoms with E-state index in [0.29, 0.717) is 0 Å². The van der Waals surface area contributed by atoms with Crippen molar-refractivity contribution in [1.82, 2.24) is 0 Å². The lowest BCUT2D eigenvalue weighted by molar-refractivity contribution is -0.443. The molecule has 0 aliphatic rings. The summed E-state index contributed by atoms with van der Waals surface area (Å²) in [5.41, 5.74) is 6.34. The van der Waals surface area contributed by atoms with Crippen LogP contribution in [0, 0.1) is 13.8 Å². The van der Waals surface area contributed by atoms with E-state index in [9.17, 15) is 9.90 Å². The SMILES string of the molecule is Cc1cccc([C@H]([NH3+])C(=O)[O-])c1C. The molecule has 0 amide bonds. The van der Waals surface area contributed by atoms with E-state index in [1.807, 2.05) is 26.0 Å². The van der Waals surface area contributed by atoms with E-state index in [4.69, 9.17) is 0 Å². The molecule has 0 unspecified atom stereocenters. The summed E-state index contributed by atoms with van der Waals surface area (Å²) in [4.78, 5) is 10.6. The summed E-state index contributed by atoms with van der Waals surface area (Å²) in [6.45, 7) is 3.84. The number of carboxylic acid groups (broad SMARTS) is 1. The van der Waals surface area contributed by atoms with Gasteiger partial charge in [-0.25, -0.2) is 0 Å². The van der Waals surface area contributed by atoms with Crippen molar-refractivity contribution in [3.8, 4) is 0 Å². The van der Waals surface area contributed by atoms with Gasteiger partial charge < -0.3 is 15.6 Å². The highest BCUT2D eigenvalue weighted by molar-refractivity contribution is 5.72. The Hall–Kier alpha value is -1.35. The molecule has 3 nitrogen and oxygen atoms in total. The number of quaternary nitrogens is 1. The van der Waals surface area contributed by atoms with Gasteiger partial charge in [0.05, 0.1) is 0 Å². The largest absolute Gasteiger partial charge is 0.544 e. The van der Waals surface area contributed by atoms with Gasteiger partial charge in [-0.15, -0.1) is 0 Å². The van der Waals surface area contributed by atoms with Gasteiger partial charge in [-0.2, -0.15) is 0 Å². The van der Waals surface area contributed by atoms with Crippen LogP contribution in [0.15, 0.2) is 18.2 Å². The highest BCUT2D eigenvalue weighted by Crippen LogP contribution is 2.16. The molecule has 0 fully saturated rings. The fourth-order valence-electron chi connectivity index (χ4n) is 1.28. The van der Waals surface area contributed by atoms with E-state index in [2.05, 4.69) is 5.73 Å². The topological polar surface area (TPSA) is 67.8 Å². The van der Waals surface area contributed by atoms with Crippen molar-refractivity contribution in [2.45, 2.75) is 19.9 Å². The van der Waals surface area contributed by atoms with Gasteiger partial charge in [0.15, 0.2) is 6.04 Å². The standard InChI is InChI=1S/C10H13NO2/c1-6-4-3-5-8(7(6)2)9(11)10(12)13/h3-5,9H,11H2,1-2H3,(H,12,13)/t9-/m0/s1. The molecule has 70 valence electrons. The average Bonchev–Trinajstić information content (AvgIpc) is 2.08. The maximum atomic E-state index is 10.6. The Morgan fingerprint density at radius 1 is 1.46 bits per heavy atom. The number of aryl methyl sites for hydroxylation is 1. The summed E-state index contributed by atoms with van der Waals surface area (Å²) in [5.74, 6) is -1.13. The number of aliphatic carboxylic acids is 1. The van der Waals surface area contributed by atoms with Crippen molar-refractivity contribution in [2.24, 2.45) is 0 Å². The van der Waals surface area contributed by atoms with Crippen molar-refractivity contribution in [3.63, 3.8) is 0 Å². The molecule has 0 radical (unpaired) electrons. The van der Waals surface area contributed by atoms with Crippen LogP contribution in [0.3, 0.4) is 0 Å². The van der Waals surface area contributed by atoms with Gasteiger partial charge in [0.25, 0.3) is 0 Å². The molecule has 0 aliphatic carbocycles. The van der Waals surface area contributed by atoms with Crippen LogP contribution in [0.25, 0.3) is 0 Å². The number of carbonyl (C=O) groups is 1. The van der Waals surface area contributed by atoms with Crippen molar-refractivity contribution in [1.29, 1.82) is 0 Å². The number of carboxylic acids is 1. The third-order valence-electron chi connectivity index (χ3n) is 2.31. The lowest BCUT2D eigenvalue weighted by Crippen LogP contribution is -2.61. The first-order valence-corrected chi connectivity index (χ1v) is 4.14. The first-order chi connectivity index (χ1) is 6.04. The number of benzene rings is 1. The van der Waals surface area contributed by atoms with Gasteiger partial charge in [-0.05, 0) is 25.0 Å². The second kappa shape index (κ2) is 3.58. The highest BCUT2D eigenvalue weighted by Gasteiger charge is 2.13. The molecule has 0 aromatic heterocycles. The minimum absolute atomic E-state index is 0.736. The molecule has 3 N–H and O–H groups in total. The van der Waals surface area contributed by atoms with E-state index in [0.717, 1.165) is 16.7 Å². The van der Waals surface area contributed by atoms with Gasteiger partial charge in [0, 0.05) is 5.56 Å². The highest BCUT2D eigenvalue weighted by atomic mass is 16.4. The van der Waals surface area contributed by atoms with Gasteiger partial charge in [0.2, 0.25) is 0 Å². The van der Waals surface area contributed by atoms with Crippen LogP contribution in [-0.2, 0) is 4.79 Å². The molecular formula is C10H13NO2. The second-order valence-corrected chi connectivity index (χ2v) is 3.16. The Kier molecular flexibility index (Phi) is 2.68. The Morgan fingerprint density at radius 2 is 2.08 bits per heavy atom. The van der Waals surface area contributed by atoms with Crippen molar-refractivity contribution in [3.05, 3.63) is 34.9 Å². The Labute approximate surface area is 77.2 Å². The smallest absolute Gasteiger partial charge is 0.150 e. The average molecular weight is 179 g/mol. The summed E-state index contributed by atoms with van der Waals surface area (Å²) < 4.78 is 0. The number of hydrogen-bond acceptors (Lipinski definition) is 2. The molecule has 0 heterocycles. The van der Waals surface area contributed by atoms with E-state index in [-0.39, 0.29) is 0 Å². The van der Waals surface area contributed by atoms with Crippen LogP contribution in [0.4, 0.5) is 0 Å². The van der Waals surface area contributed by atoms with Crippen molar-refractivity contribution >= 4 is 5.97 Å². The second-order valence-electron chi connectivity index (χ2n) is 3.16. The van der Waals surface area contributed by atoms with E-state index < -0.39 is 12.0 Å². The molecular weight excluding hydrogens is 166 g/mol. The van der Waals surface area contributed by atoms with Gasteiger partial charge in [-0.3, -0.25) is 0 Å². The molecule has 1 atom stereocenters. The Morgan fingerprint density at radius 3 is 2.62 bits per heavy atom. The molecule has 3 heteroatoms. The maximum absolute atomic E-state index is 10.6. The molecule has 0 saturated heterocycles. The van der Waals surface area contributed by atoms with Crippen LogP contribution in [-0.4, -0.2) is 5.97 Å². The van der Waals surface area contributed by atoms with Crippen LogP contribution in [0.5, 0.6) is 0 Å². The predicted molar refractivity (Wildman–Crippen MR) is 46.6 cm³/mol. The first-order valence-electron chi connectivity index (χ1n) is 4.14. The summed E-state index contributed by atoms with van der Waals surface area (Å²) in [5, 5.41) is 10.6. The Bertz CT molecular complexity index is 334. The lowest BCUT2D eigenvalue weighted by Gasteiger charge is -2.13. The first kappa shape index (κ1) is 9.74. The molecule has 13 heavy (non-hydrogen) atoms. The molecule has 1 aromatic rings. The van der Waals surface area contributed by atoms with E-state index in [1.165, 1.54) is 0 Å². The quantitative estimate of drug-likeness (QED) is 0.654. The number of rotatable bonds is 2. The Balaban J connectivity index is 3.15. The fourth-order valence-corrected chi connectivity index (χ4v) is 1.28. The molecule has 0 bridgehead atoms. The number of carbonyl (C=O) groups excluding carboxylic acids is 1.